The highest BCUT2D eigenvalue weighted by molar-refractivity contribution is 5.96. The van der Waals surface area contributed by atoms with Crippen molar-refractivity contribution in [3.05, 3.63) is 95.8 Å². The molecule has 0 unspecified atom stereocenters. The molecule has 4 heteroatoms. The fourth-order valence-corrected chi connectivity index (χ4v) is 4.08. The lowest BCUT2D eigenvalue weighted by Crippen LogP contribution is -2.37. The maximum absolute atomic E-state index is 12.5. The van der Waals surface area contributed by atoms with Crippen molar-refractivity contribution in [1.29, 1.82) is 0 Å². The van der Waals surface area contributed by atoms with Gasteiger partial charge in [0.15, 0.2) is 0 Å². The molecule has 1 aliphatic heterocycles. The zero-order valence-electron chi connectivity index (χ0n) is 18.6. The quantitative estimate of drug-likeness (QED) is 0.625. The van der Waals surface area contributed by atoms with Gasteiger partial charge in [-0.2, -0.15) is 0 Å². The van der Waals surface area contributed by atoms with Crippen LogP contribution in [0.3, 0.4) is 0 Å². The zero-order valence-corrected chi connectivity index (χ0v) is 18.6. The van der Waals surface area contributed by atoms with Crippen LogP contribution in [0.1, 0.15) is 31.2 Å². The normalized spacial score (nSPS) is 16.6. The lowest BCUT2D eigenvalue weighted by atomic mass is 10.0. The molecule has 1 amide bonds. The van der Waals surface area contributed by atoms with Gasteiger partial charge in [-0.1, -0.05) is 73.2 Å². The van der Waals surface area contributed by atoms with Crippen LogP contribution in [-0.2, 0) is 16.1 Å². The Labute approximate surface area is 191 Å². The summed E-state index contributed by atoms with van der Waals surface area (Å²) < 4.78 is 6.01. The van der Waals surface area contributed by atoms with E-state index in [1.165, 1.54) is 30.4 Å². The maximum Gasteiger partial charge on any atom is 0.251 e. The number of piperidine rings is 1. The third-order valence-electron chi connectivity index (χ3n) is 5.97. The van der Waals surface area contributed by atoms with E-state index < -0.39 is 0 Å². The van der Waals surface area contributed by atoms with Crippen molar-refractivity contribution in [1.82, 2.24) is 10.2 Å². The molecule has 0 saturated carbocycles. The molecule has 0 aromatic heterocycles. The van der Waals surface area contributed by atoms with Gasteiger partial charge in [0.05, 0.1) is 0 Å². The minimum Gasteiger partial charge on any atom is -0.493 e. The van der Waals surface area contributed by atoms with Crippen LogP contribution in [0.2, 0.25) is 0 Å². The van der Waals surface area contributed by atoms with E-state index in [-0.39, 0.29) is 5.91 Å². The van der Waals surface area contributed by atoms with Gasteiger partial charge in [0, 0.05) is 25.1 Å². The third-order valence-corrected chi connectivity index (χ3v) is 5.97. The number of carbonyl (C=O) groups is 1. The van der Waals surface area contributed by atoms with Crippen LogP contribution in [0.15, 0.2) is 90.2 Å². The van der Waals surface area contributed by atoms with Gasteiger partial charge in [0.1, 0.15) is 12.4 Å². The topological polar surface area (TPSA) is 41.6 Å². The fourth-order valence-electron chi connectivity index (χ4n) is 4.08. The van der Waals surface area contributed by atoms with E-state index in [9.17, 15) is 4.79 Å². The molecule has 1 aliphatic carbocycles. The highest BCUT2D eigenvalue weighted by Gasteiger charge is 2.12. The predicted molar refractivity (Wildman–Crippen MR) is 130 cm³/mol. The molecule has 0 bridgehead atoms. The number of hydrogen-bond acceptors (Lipinski definition) is 3. The van der Waals surface area contributed by atoms with Gasteiger partial charge in [0.2, 0.25) is 0 Å². The molecule has 0 radical (unpaired) electrons. The molecular weight excluding hydrogens is 396 g/mol. The smallest absolute Gasteiger partial charge is 0.251 e. The van der Waals surface area contributed by atoms with E-state index in [1.54, 1.807) is 0 Å². The Hall–Kier alpha value is -3.11. The highest BCUT2D eigenvalue weighted by atomic mass is 16.5. The molecule has 4 nitrogen and oxygen atoms in total. The summed E-state index contributed by atoms with van der Waals surface area (Å²) in [6.45, 7) is 4.43. The lowest BCUT2D eigenvalue weighted by Gasteiger charge is -2.26. The number of carbonyl (C=O) groups excluding carboxylic acids is 1. The van der Waals surface area contributed by atoms with Crippen molar-refractivity contribution >= 4 is 5.91 Å². The van der Waals surface area contributed by atoms with Gasteiger partial charge in [-0.05, 0) is 54.8 Å². The molecular formula is C28H32N2O2. The summed E-state index contributed by atoms with van der Waals surface area (Å²) >= 11 is 0. The first-order chi connectivity index (χ1) is 15.8. The molecule has 1 N–H and O–H groups in total. The van der Waals surface area contributed by atoms with Crippen LogP contribution in [0, 0.1) is 0 Å². The monoisotopic (exact) mass is 428 g/mol. The average Bonchev–Trinajstić information content (AvgIpc) is 3.10. The Morgan fingerprint density at radius 3 is 2.44 bits per heavy atom. The van der Waals surface area contributed by atoms with Crippen LogP contribution < -0.4 is 5.32 Å². The van der Waals surface area contributed by atoms with E-state index in [2.05, 4.69) is 58.7 Å². The van der Waals surface area contributed by atoms with Crippen LogP contribution >= 0.6 is 0 Å². The van der Waals surface area contributed by atoms with E-state index in [1.807, 2.05) is 30.4 Å². The summed E-state index contributed by atoms with van der Waals surface area (Å²) in [6, 6.07) is 18.8. The SMILES string of the molecule is O=C(NCCN1CCCCC1)C1=CC=C(OCc2ccc(-c3ccccc3)cc2)CC=C1. The maximum atomic E-state index is 12.5. The number of allylic oxidation sites excluding steroid dienone is 3. The minimum atomic E-state index is -0.0211. The second kappa shape index (κ2) is 11.5. The van der Waals surface area contributed by atoms with Gasteiger partial charge >= 0.3 is 0 Å². The zero-order chi connectivity index (χ0) is 22.0. The first-order valence-corrected chi connectivity index (χ1v) is 11.6. The molecule has 0 atom stereocenters. The third kappa shape index (κ3) is 6.44. The molecule has 2 aliphatic rings. The number of likely N-dealkylation sites (tertiary alicyclic amines) is 1. The molecule has 166 valence electrons. The Bertz CT molecular complexity index is 968. The largest absolute Gasteiger partial charge is 0.493 e. The van der Waals surface area contributed by atoms with Crippen LogP contribution in [0.4, 0.5) is 0 Å². The molecule has 32 heavy (non-hydrogen) atoms. The van der Waals surface area contributed by atoms with E-state index in [0.29, 0.717) is 25.1 Å². The first kappa shape index (κ1) is 22.1. The average molecular weight is 429 g/mol. The number of hydrogen-bond donors (Lipinski definition) is 1. The summed E-state index contributed by atoms with van der Waals surface area (Å²) in [4.78, 5) is 14.9. The summed E-state index contributed by atoms with van der Waals surface area (Å²) in [5.41, 5.74) is 4.21. The molecule has 4 rings (SSSR count). The second-order valence-corrected chi connectivity index (χ2v) is 8.37. The Morgan fingerprint density at radius 2 is 1.66 bits per heavy atom. The summed E-state index contributed by atoms with van der Waals surface area (Å²) in [6.07, 6.45) is 12.2. The minimum absolute atomic E-state index is 0.0211. The Kier molecular flexibility index (Phi) is 7.94. The lowest BCUT2D eigenvalue weighted by molar-refractivity contribution is -0.117. The molecule has 2 aromatic carbocycles. The molecule has 0 spiro atoms. The van der Waals surface area contributed by atoms with Gasteiger partial charge in [-0.15, -0.1) is 0 Å². The number of nitrogens with zero attached hydrogens (tertiary/aromatic N) is 1. The highest BCUT2D eigenvalue weighted by Crippen LogP contribution is 2.21. The summed E-state index contributed by atoms with van der Waals surface area (Å²) in [7, 11) is 0. The fraction of sp³-hybridized carbons (Fsp3) is 0.321. The number of nitrogens with one attached hydrogen (secondary N) is 1. The van der Waals surface area contributed by atoms with E-state index in [4.69, 9.17) is 4.74 Å². The van der Waals surface area contributed by atoms with Crippen LogP contribution in [-0.4, -0.2) is 37.0 Å². The van der Waals surface area contributed by atoms with Crippen molar-refractivity contribution in [3.8, 4) is 11.1 Å². The second-order valence-electron chi connectivity index (χ2n) is 8.37. The number of benzene rings is 2. The van der Waals surface area contributed by atoms with Crippen molar-refractivity contribution in [2.24, 2.45) is 0 Å². The summed E-state index contributed by atoms with van der Waals surface area (Å²) in [5.74, 6) is 0.844. The Balaban J connectivity index is 1.25. The molecule has 2 aromatic rings. The van der Waals surface area contributed by atoms with E-state index >= 15 is 0 Å². The van der Waals surface area contributed by atoms with E-state index in [0.717, 1.165) is 31.0 Å². The number of rotatable bonds is 8. The van der Waals surface area contributed by atoms with Gasteiger partial charge < -0.3 is 15.0 Å². The standard InChI is InChI=1S/C28H32N2O2/c31-28(29-18-21-30-19-5-2-6-20-30)26-10-7-11-27(17-16-26)32-22-23-12-14-25(15-13-23)24-8-3-1-4-9-24/h1,3-4,7-10,12-17H,2,5-6,11,18-22H2,(H,29,31). The predicted octanol–water partition coefficient (Wildman–Crippen LogP) is 5.24. The van der Waals surface area contributed by atoms with Crippen LogP contribution in [0.5, 0.6) is 0 Å². The molecule has 1 fully saturated rings. The molecule has 1 saturated heterocycles. The number of ether oxygens (including phenoxy) is 1. The molecule has 1 heterocycles. The van der Waals surface area contributed by atoms with Crippen molar-refractivity contribution in [2.75, 3.05) is 26.2 Å². The number of amides is 1. The Morgan fingerprint density at radius 1 is 0.906 bits per heavy atom. The van der Waals surface area contributed by atoms with Gasteiger partial charge in [0.25, 0.3) is 5.91 Å². The first-order valence-electron chi connectivity index (χ1n) is 11.6. The van der Waals surface area contributed by atoms with Gasteiger partial charge in [-0.3, -0.25) is 4.79 Å². The van der Waals surface area contributed by atoms with Crippen molar-refractivity contribution < 1.29 is 9.53 Å². The van der Waals surface area contributed by atoms with Crippen molar-refractivity contribution in [3.63, 3.8) is 0 Å². The summed E-state index contributed by atoms with van der Waals surface area (Å²) in [5, 5.41) is 3.05. The van der Waals surface area contributed by atoms with Crippen molar-refractivity contribution in [2.45, 2.75) is 32.3 Å². The van der Waals surface area contributed by atoms with Crippen LogP contribution in [0.25, 0.3) is 11.1 Å². The van der Waals surface area contributed by atoms with Gasteiger partial charge in [-0.25, -0.2) is 0 Å².